The zero-order valence-electron chi connectivity index (χ0n) is 20.6. The zero-order chi connectivity index (χ0) is 31.1. The van der Waals surface area contributed by atoms with Gasteiger partial charge in [-0.05, 0) is 30.3 Å². The molecule has 42 heavy (non-hydrogen) atoms. The number of rotatable bonds is 13. The molecular weight excluding hydrogens is 647 g/mol. The van der Waals surface area contributed by atoms with Gasteiger partial charge >= 0.3 is 0 Å². The standard InChI is InChI=1S/C19H19N7O12S4/c20-18-14(25-23-12-3-1-2-4-16(12)41(30,31)32)10-15(19(21)22-18)26-24-13-6-5-11(9-17(13)42(33,34)35)40(28,29)8-7-36-39-38-37-27/h1-6,9-10,27H,7-8H2,(H4,20,21,22)(H,30,31,32)(H,33,34,35). The molecule has 1 aromatic heterocycles. The van der Waals surface area contributed by atoms with Crippen LogP contribution >= 0.6 is 12.3 Å². The smallest absolute Gasteiger partial charge is 0.296 e. The summed E-state index contributed by atoms with van der Waals surface area (Å²) in [6.45, 7) is -0.455. The molecule has 1 heterocycles. The van der Waals surface area contributed by atoms with Gasteiger partial charge in [-0.25, -0.2) is 18.7 Å². The van der Waals surface area contributed by atoms with Gasteiger partial charge in [-0.3, -0.25) is 13.3 Å². The van der Waals surface area contributed by atoms with Gasteiger partial charge in [0.1, 0.15) is 32.5 Å². The molecular formula is C19H19N7O12S4. The molecule has 0 spiro atoms. The Labute approximate surface area is 241 Å². The highest BCUT2D eigenvalue weighted by molar-refractivity contribution is 7.91. The topological polar surface area (TPSA) is 305 Å². The summed E-state index contributed by atoms with van der Waals surface area (Å²) in [5.74, 6) is -1.21. The van der Waals surface area contributed by atoms with Crippen LogP contribution in [0.25, 0.3) is 0 Å². The number of sulfone groups is 1. The van der Waals surface area contributed by atoms with E-state index in [1.165, 1.54) is 18.2 Å². The van der Waals surface area contributed by atoms with Gasteiger partial charge in [-0.2, -0.15) is 16.8 Å². The van der Waals surface area contributed by atoms with Crippen LogP contribution in [-0.4, -0.2) is 57.0 Å². The molecule has 0 saturated carbocycles. The lowest BCUT2D eigenvalue weighted by Crippen LogP contribution is -2.12. The van der Waals surface area contributed by atoms with Gasteiger partial charge in [-0.1, -0.05) is 17.2 Å². The molecule has 0 aliphatic heterocycles. The number of azo groups is 2. The lowest BCUT2D eigenvalue weighted by atomic mass is 10.3. The van der Waals surface area contributed by atoms with Crippen LogP contribution in [-0.2, 0) is 43.6 Å². The van der Waals surface area contributed by atoms with Gasteiger partial charge in [0, 0.05) is 6.07 Å². The molecule has 0 amide bonds. The van der Waals surface area contributed by atoms with Crippen molar-refractivity contribution in [1.29, 1.82) is 0 Å². The average Bonchev–Trinajstić information content (AvgIpc) is 2.91. The van der Waals surface area contributed by atoms with Crippen LogP contribution in [0.15, 0.2) is 83.7 Å². The third-order valence-electron chi connectivity index (χ3n) is 4.82. The lowest BCUT2D eigenvalue weighted by Gasteiger charge is -2.08. The SMILES string of the molecule is Nc1nc(N)c(N=Nc2ccc(S(=O)(=O)CCOSOOO)cc2S(=O)(=O)O)cc1N=Nc1ccccc1S(=O)(=O)O. The Bertz CT molecular complexity index is 1850. The van der Waals surface area contributed by atoms with Gasteiger partial charge in [0.15, 0.2) is 33.8 Å². The largest absolute Gasteiger partial charge is 0.382 e. The number of benzene rings is 2. The van der Waals surface area contributed by atoms with Crippen molar-refractivity contribution in [3.63, 3.8) is 0 Å². The van der Waals surface area contributed by atoms with Crippen molar-refractivity contribution < 1.29 is 53.2 Å². The van der Waals surface area contributed by atoms with E-state index in [1.54, 1.807) is 0 Å². The first-order chi connectivity index (χ1) is 19.6. The van der Waals surface area contributed by atoms with Gasteiger partial charge < -0.3 is 11.5 Å². The summed E-state index contributed by atoms with van der Waals surface area (Å²) in [4.78, 5) is 1.87. The maximum atomic E-state index is 12.5. The number of nitrogens with zero attached hydrogens (tertiary/aromatic N) is 5. The zero-order valence-corrected chi connectivity index (χ0v) is 23.8. The van der Waals surface area contributed by atoms with Crippen LogP contribution in [0.4, 0.5) is 34.4 Å². The number of pyridine rings is 1. The minimum atomic E-state index is -5.02. The maximum Gasteiger partial charge on any atom is 0.296 e. The Morgan fingerprint density at radius 1 is 0.762 bits per heavy atom. The summed E-state index contributed by atoms with van der Waals surface area (Å²) >= 11 is 0.140. The van der Waals surface area contributed by atoms with Gasteiger partial charge in [0.2, 0.25) is 0 Å². The Morgan fingerprint density at radius 2 is 1.31 bits per heavy atom. The summed E-state index contributed by atoms with van der Waals surface area (Å²) in [6, 6.07) is 8.85. The Kier molecular flexibility index (Phi) is 10.6. The van der Waals surface area contributed by atoms with Crippen molar-refractivity contribution in [3.05, 3.63) is 48.5 Å². The summed E-state index contributed by atoms with van der Waals surface area (Å²) in [5, 5.41) is 26.3. The first-order valence-electron chi connectivity index (χ1n) is 10.7. The molecule has 0 fully saturated rings. The summed E-state index contributed by atoms with van der Waals surface area (Å²) in [5.41, 5.74) is 10.5. The highest BCUT2D eigenvalue weighted by atomic mass is 32.2. The highest BCUT2D eigenvalue weighted by Gasteiger charge is 2.22. The third-order valence-corrected chi connectivity index (χ3v) is 8.66. The van der Waals surface area contributed by atoms with Crippen LogP contribution in [0.1, 0.15) is 0 Å². The minimum absolute atomic E-state index is 0.140. The molecule has 0 aliphatic rings. The van der Waals surface area contributed by atoms with E-state index in [-0.39, 0.29) is 41.0 Å². The predicted octanol–water partition coefficient (Wildman–Crippen LogP) is 3.34. The molecule has 2 aromatic carbocycles. The van der Waals surface area contributed by atoms with Crippen LogP contribution < -0.4 is 11.5 Å². The number of nitrogen functional groups attached to an aromatic ring is 2. The lowest BCUT2D eigenvalue weighted by molar-refractivity contribution is -0.434. The van der Waals surface area contributed by atoms with Crippen LogP contribution in [0.3, 0.4) is 0 Å². The van der Waals surface area contributed by atoms with E-state index in [4.69, 9.17) is 16.7 Å². The van der Waals surface area contributed by atoms with Crippen molar-refractivity contribution in [2.75, 3.05) is 23.8 Å². The van der Waals surface area contributed by atoms with Crippen molar-refractivity contribution in [1.82, 2.24) is 4.98 Å². The molecule has 0 aliphatic carbocycles. The normalized spacial score (nSPS) is 12.8. The van der Waals surface area contributed by atoms with E-state index in [2.05, 4.69) is 39.0 Å². The molecule has 0 atom stereocenters. The summed E-state index contributed by atoms with van der Waals surface area (Å²) < 4.78 is 99.9. The highest BCUT2D eigenvalue weighted by Crippen LogP contribution is 2.35. The second-order valence-corrected chi connectivity index (χ2v) is 13.0. The minimum Gasteiger partial charge on any atom is -0.382 e. The van der Waals surface area contributed by atoms with Gasteiger partial charge in [0.25, 0.3) is 20.2 Å². The van der Waals surface area contributed by atoms with Gasteiger partial charge in [-0.15, -0.1) is 24.8 Å². The molecule has 0 saturated heterocycles. The molecule has 23 heteroatoms. The average molecular weight is 666 g/mol. The molecule has 3 rings (SSSR count). The number of nitrogens with two attached hydrogens (primary N) is 2. The number of anilines is 2. The monoisotopic (exact) mass is 665 g/mol. The van der Waals surface area contributed by atoms with Crippen LogP contribution in [0.5, 0.6) is 0 Å². The van der Waals surface area contributed by atoms with Crippen molar-refractivity contribution in [2.45, 2.75) is 14.7 Å². The third kappa shape index (κ3) is 8.68. The van der Waals surface area contributed by atoms with E-state index in [0.29, 0.717) is 6.07 Å². The number of hydrogen-bond acceptors (Lipinski definition) is 18. The summed E-state index contributed by atoms with van der Waals surface area (Å²) in [7, 11) is -13.8. The van der Waals surface area contributed by atoms with Crippen LogP contribution in [0.2, 0.25) is 0 Å². The molecule has 226 valence electrons. The quantitative estimate of drug-likeness (QED) is 0.0436. The molecule has 3 aromatic rings. The van der Waals surface area contributed by atoms with Crippen LogP contribution in [0, 0.1) is 0 Å². The number of aromatic nitrogens is 1. The molecule has 7 N–H and O–H groups in total. The van der Waals surface area contributed by atoms with Crippen molar-refractivity contribution >= 4 is 76.8 Å². The Hall–Kier alpha value is -3.65. The fourth-order valence-corrected chi connectivity index (χ4v) is 5.74. The maximum absolute atomic E-state index is 12.5. The first kappa shape index (κ1) is 32.9. The molecule has 0 bridgehead atoms. The fraction of sp³-hybridized carbons (Fsp3) is 0.105. The first-order valence-corrected chi connectivity index (χ1v) is 15.9. The Balaban J connectivity index is 1.94. The Morgan fingerprint density at radius 3 is 1.88 bits per heavy atom. The second-order valence-electron chi connectivity index (χ2n) is 7.60. The molecule has 19 nitrogen and oxygen atoms in total. The summed E-state index contributed by atoms with van der Waals surface area (Å²) in [6.07, 6.45) is 0. The van der Waals surface area contributed by atoms with E-state index >= 15 is 0 Å². The second kappa shape index (κ2) is 13.6. The molecule has 0 unspecified atom stereocenters. The predicted molar refractivity (Wildman–Crippen MR) is 144 cm³/mol. The van der Waals surface area contributed by atoms with E-state index < -0.39 is 62.8 Å². The van der Waals surface area contributed by atoms with Crippen molar-refractivity contribution in [3.8, 4) is 0 Å². The van der Waals surface area contributed by atoms with E-state index in [0.717, 1.165) is 24.3 Å². The van der Waals surface area contributed by atoms with Crippen molar-refractivity contribution in [2.24, 2.45) is 20.5 Å². The van der Waals surface area contributed by atoms with E-state index in [9.17, 15) is 34.4 Å². The van der Waals surface area contributed by atoms with E-state index in [1.807, 2.05) is 0 Å². The fourth-order valence-electron chi connectivity index (χ4n) is 2.96. The molecule has 0 radical (unpaired) electrons. The van der Waals surface area contributed by atoms with Gasteiger partial charge in [0.05, 0.1) is 17.3 Å². The number of hydrogen-bond donors (Lipinski definition) is 5.